The quantitative estimate of drug-likeness (QED) is 0.599. The second kappa shape index (κ2) is 10.3. The molecule has 0 bridgehead atoms. The van der Waals surface area contributed by atoms with Gasteiger partial charge in [0.05, 0.1) is 30.4 Å². The molecule has 1 amide bonds. The van der Waals surface area contributed by atoms with Crippen molar-refractivity contribution in [3.8, 4) is 0 Å². The highest BCUT2D eigenvalue weighted by atomic mass is 19.4. The van der Waals surface area contributed by atoms with Crippen LogP contribution in [0.15, 0.2) is 54.6 Å². The Labute approximate surface area is 184 Å². The lowest BCUT2D eigenvalue weighted by Gasteiger charge is -2.39. The largest absolute Gasteiger partial charge is 0.445 e. The maximum Gasteiger partial charge on any atom is 0.416 e. The Bertz CT molecular complexity index is 894. The molecule has 9 heteroatoms. The van der Waals surface area contributed by atoms with Crippen molar-refractivity contribution in [2.75, 3.05) is 26.2 Å². The van der Waals surface area contributed by atoms with E-state index in [4.69, 9.17) is 4.74 Å². The Morgan fingerprint density at radius 2 is 1.94 bits per heavy atom. The van der Waals surface area contributed by atoms with E-state index in [1.54, 1.807) is 0 Å². The number of hydrogen-bond acceptors (Lipinski definition) is 5. The molecule has 1 aliphatic rings. The first-order chi connectivity index (χ1) is 15.2. The molecule has 2 unspecified atom stereocenters. The van der Waals surface area contributed by atoms with Gasteiger partial charge in [-0.3, -0.25) is 0 Å². The zero-order valence-electron chi connectivity index (χ0n) is 17.5. The van der Waals surface area contributed by atoms with Crippen LogP contribution in [-0.2, 0) is 17.5 Å². The summed E-state index contributed by atoms with van der Waals surface area (Å²) in [6.07, 6.45) is -4.07. The van der Waals surface area contributed by atoms with E-state index in [9.17, 15) is 28.2 Å². The normalized spacial score (nSPS) is 20.1. The number of piperidine rings is 1. The first-order valence-electron chi connectivity index (χ1n) is 10.4. The van der Waals surface area contributed by atoms with E-state index in [1.807, 2.05) is 30.3 Å². The van der Waals surface area contributed by atoms with Crippen LogP contribution in [-0.4, -0.2) is 53.0 Å². The third-order valence-electron chi connectivity index (χ3n) is 5.50. The number of ether oxygens (including phenoxy) is 1. The van der Waals surface area contributed by atoms with Crippen molar-refractivity contribution in [1.29, 1.82) is 0 Å². The van der Waals surface area contributed by atoms with Crippen LogP contribution in [0.4, 0.5) is 18.0 Å². The number of likely N-dealkylation sites (tertiary alicyclic amines) is 1. The molecule has 0 saturated carbocycles. The number of nitrogens with zero attached hydrogens (tertiary/aromatic N) is 1. The van der Waals surface area contributed by atoms with Crippen LogP contribution < -0.4 is 5.32 Å². The summed E-state index contributed by atoms with van der Waals surface area (Å²) in [6.45, 7) is 0.132. The Kier molecular flexibility index (Phi) is 7.76. The van der Waals surface area contributed by atoms with Crippen LogP contribution in [0.3, 0.4) is 0 Å². The monoisotopic (exact) mass is 452 g/mol. The van der Waals surface area contributed by atoms with Gasteiger partial charge in [0.2, 0.25) is 0 Å². The molecule has 3 N–H and O–H groups in total. The first-order valence-corrected chi connectivity index (χ1v) is 10.4. The van der Waals surface area contributed by atoms with Crippen LogP contribution >= 0.6 is 0 Å². The number of benzene rings is 2. The number of amides is 1. The molecule has 1 saturated heterocycles. The van der Waals surface area contributed by atoms with E-state index in [0.29, 0.717) is 19.4 Å². The van der Waals surface area contributed by atoms with Gasteiger partial charge in [0.1, 0.15) is 6.61 Å². The molecule has 0 aliphatic carbocycles. The Morgan fingerprint density at radius 1 is 1.19 bits per heavy atom. The minimum atomic E-state index is -4.49. The molecular formula is C23H27F3N2O4. The smallest absolute Gasteiger partial charge is 0.416 e. The van der Waals surface area contributed by atoms with Gasteiger partial charge in [-0.15, -0.1) is 0 Å². The average molecular weight is 452 g/mol. The summed E-state index contributed by atoms with van der Waals surface area (Å²) >= 11 is 0. The standard InChI is InChI=1S/C23H27F3N2O4/c24-23(25,26)19-9-4-8-18(12-19)20(13-29)27-15-22(31)10-5-11-28(16-22)21(30)32-14-17-6-2-1-3-7-17/h1-4,6-9,12,20,27,29,31H,5,10-11,13-16H2. The number of hydrogen-bond donors (Lipinski definition) is 3. The number of aliphatic hydroxyl groups is 2. The molecule has 1 aliphatic heterocycles. The van der Waals surface area contributed by atoms with Crippen molar-refractivity contribution in [2.24, 2.45) is 0 Å². The van der Waals surface area contributed by atoms with Crippen molar-refractivity contribution in [3.05, 3.63) is 71.3 Å². The number of nitrogens with one attached hydrogen (secondary N) is 1. The lowest BCUT2D eigenvalue weighted by Crippen LogP contribution is -2.55. The van der Waals surface area contributed by atoms with E-state index in [-0.39, 0.29) is 25.3 Å². The van der Waals surface area contributed by atoms with E-state index in [1.165, 1.54) is 17.0 Å². The maximum absolute atomic E-state index is 13.0. The van der Waals surface area contributed by atoms with E-state index >= 15 is 0 Å². The summed E-state index contributed by atoms with van der Waals surface area (Å²) in [5, 5.41) is 23.6. The molecule has 3 rings (SSSR count). The van der Waals surface area contributed by atoms with Crippen molar-refractivity contribution < 1.29 is 32.9 Å². The topological polar surface area (TPSA) is 82.0 Å². The molecule has 2 aromatic rings. The van der Waals surface area contributed by atoms with Crippen LogP contribution in [0.2, 0.25) is 0 Å². The van der Waals surface area contributed by atoms with E-state index in [0.717, 1.165) is 17.7 Å². The van der Waals surface area contributed by atoms with Crippen LogP contribution in [0.5, 0.6) is 0 Å². The molecule has 2 aromatic carbocycles. The molecule has 174 valence electrons. The molecule has 1 fully saturated rings. The summed E-state index contributed by atoms with van der Waals surface area (Å²) in [5.74, 6) is 0. The van der Waals surface area contributed by atoms with Gasteiger partial charge in [-0.1, -0.05) is 42.5 Å². The lowest BCUT2D eigenvalue weighted by molar-refractivity contribution is -0.137. The van der Waals surface area contributed by atoms with Gasteiger partial charge < -0.3 is 25.2 Å². The zero-order chi connectivity index (χ0) is 23.2. The van der Waals surface area contributed by atoms with Crippen LogP contribution in [0.1, 0.15) is 35.6 Å². The van der Waals surface area contributed by atoms with Gasteiger partial charge in [0.15, 0.2) is 0 Å². The molecular weight excluding hydrogens is 425 g/mol. The van der Waals surface area contributed by atoms with Gasteiger partial charge in [-0.2, -0.15) is 13.2 Å². The summed E-state index contributed by atoms with van der Waals surface area (Å²) < 4.78 is 44.3. The van der Waals surface area contributed by atoms with Crippen LogP contribution in [0.25, 0.3) is 0 Å². The number of halogens is 3. The lowest BCUT2D eigenvalue weighted by atomic mass is 9.92. The minimum absolute atomic E-state index is 0.00304. The second-order valence-electron chi connectivity index (χ2n) is 8.03. The van der Waals surface area contributed by atoms with Gasteiger partial charge in [-0.25, -0.2) is 4.79 Å². The Balaban J connectivity index is 1.58. The zero-order valence-corrected chi connectivity index (χ0v) is 17.5. The number of carbonyl (C=O) groups is 1. The minimum Gasteiger partial charge on any atom is -0.445 e. The highest BCUT2D eigenvalue weighted by Crippen LogP contribution is 2.31. The predicted molar refractivity (Wildman–Crippen MR) is 112 cm³/mol. The van der Waals surface area contributed by atoms with E-state index < -0.39 is 36.1 Å². The van der Waals surface area contributed by atoms with Gasteiger partial charge in [0.25, 0.3) is 0 Å². The summed E-state index contributed by atoms with van der Waals surface area (Å²) in [5.41, 5.74) is -0.986. The van der Waals surface area contributed by atoms with Gasteiger partial charge in [0, 0.05) is 13.1 Å². The summed E-state index contributed by atoms with van der Waals surface area (Å²) in [4.78, 5) is 13.9. The fourth-order valence-corrected chi connectivity index (χ4v) is 3.76. The third kappa shape index (κ3) is 6.44. The maximum atomic E-state index is 13.0. The fourth-order valence-electron chi connectivity index (χ4n) is 3.76. The number of alkyl halides is 3. The average Bonchev–Trinajstić information content (AvgIpc) is 2.78. The SMILES string of the molecule is O=C(OCc1ccccc1)N1CCCC(O)(CNC(CO)c2cccc(C(F)(F)F)c2)C1. The predicted octanol–water partition coefficient (Wildman–Crippen LogP) is 3.49. The van der Waals surface area contributed by atoms with E-state index in [2.05, 4.69) is 5.32 Å². The van der Waals surface area contributed by atoms with Crippen molar-refractivity contribution >= 4 is 6.09 Å². The molecule has 0 aromatic heterocycles. The van der Waals surface area contributed by atoms with Crippen molar-refractivity contribution in [2.45, 2.75) is 37.3 Å². The highest BCUT2D eigenvalue weighted by Gasteiger charge is 2.36. The molecule has 32 heavy (non-hydrogen) atoms. The third-order valence-corrected chi connectivity index (χ3v) is 5.50. The number of aliphatic hydroxyl groups excluding tert-OH is 1. The number of rotatable bonds is 7. The second-order valence-corrected chi connectivity index (χ2v) is 8.03. The summed E-state index contributed by atoms with van der Waals surface area (Å²) in [6, 6.07) is 13.1. The van der Waals surface area contributed by atoms with Gasteiger partial charge >= 0.3 is 12.3 Å². The number of carbonyl (C=O) groups excluding carboxylic acids is 1. The van der Waals surface area contributed by atoms with Crippen molar-refractivity contribution in [1.82, 2.24) is 10.2 Å². The first kappa shape index (κ1) is 24.0. The Hall–Kier alpha value is -2.62. The molecule has 2 atom stereocenters. The van der Waals surface area contributed by atoms with Gasteiger partial charge in [-0.05, 0) is 36.1 Å². The Morgan fingerprint density at radius 3 is 2.62 bits per heavy atom. The molecule has 0 radical (unpaired) electrons. The van der Waals surface area contributed by atoms with Crippen molar-refractivity contribution in [3.63, 3.8) is 0 Å². The summed E-state index contributed by atoms with van der Waals surface area (Å²) in [7, 11) is 0. The molecule has 0 spiro atoms. The number of β-amino-alcohol motifs (C(OH)–C–C–N with tert-alkyl or cyclic N) is 1. The molecule has 6 nitrogen and oxygen atoms in total. The fraction of sp³-hybridized carbons (Fsp3) is 0.435. The highest BCUT2D eigenvalue weighted by molar-refractivity contribution is 5.68. The van der Waals surface area contributed by atoms with Crippen LogP contribution in [0, 0.1) is 0 Å². The molecule has 1 heterocycles.